The molecule has 0 amide bonds. The van der Waals surface area contributed by atoms with E-state index >= 15 is 0 Å². The van der Waals surface area contributed by atoms with E-state index in [0.29, 0.717) is 5.71 Å². The molecule has 80 valence electrons. The lowest BCUT2D eigenvalue weighted by molar-refractivity contribution is -0.238. The van der Waals surface area contributed by atoms with Crippen molar-refractivity contribution < 1.29 is 27.6 Å². The number of alkyl halides is 3. The minimum atomic E-state index is -4.96. The normalized spacial score (nSPS) is 17.3. The van der Waals surface area contributed by atoms with Crippen LogP contribution in [0.25, 0.3) is 0 Å². The first-order chi connectivity index (χ1) is 6.43. The van der Waals surface area contributed by atoms with Gasteiger partial charge in [0.2, 0.25) is 0 Å². The van der Waals surface area contributed by atoms with E-state index in [2.05, 4.69) is 14.8 Å². The highest BCUT2D eigenvalue weighted by Gasteiger charge is 2.43. The molecule has 0 aromatic carbocycles. The van der Waals surface area contributed by atoms with Crippen LogP contribution in [0, 0.1) is 0 Å². The topological polar surface area (TPSA) is 51.1 Å². The summed E-state index contributed by atoms with van der Waals surface area (Å²) >= 11 is 0. The maximum atomic E-state index is 11.7. The van der Waals surface area contributed by atoms with Gasteiger partial charge in [0.25, 0.3) is 0 Å². The summed E-state index contributed by atoms with van der Waals surface area (Å²) in [5.41, 5.74) is 0.516. The van der Waals surface area contributed by atoms with Gasteiger partial charge in [-0.3, -0.25) is 0 Å². The smallest absolute Gasteiger partial charge is 0.399 e. The van der Waals surface area contributed by atoms with E-state index in [-0.39, 0.29) is 13.1 Å². The Bertz CT molecular complexity index is 256. The summed E-state index contributed by atoms with van der Waals surface area (Å²) in [4.78, 5) is 18.6. The molecule has 0 spiro atoms. The molecule has 1 fully saturated rings. The molecule has 1 saturated heterocycles. The van der Waals surface area contributed by atoms with Crippen molar-refractivity contribution in [3.05, 3.63) is 0 Å². The van der Waals surface area contributed by atoms with E-state index in [9.17, 15) is 18.0 Å². The second-order valence-corrected chi connectivity index (χ2v) is 2.51. The molecule has 8 heteroatoms. The molecule has 0 bridgehead atoms. The molecule has 14 heavy (non-hydrogen) atoms. The number of oxime groups is 1. The number of hydroxylamine groups is 2. The van der Waals surface area contributed by atoms with Gasteiger partial charge < -0.3 is 9.68 Å². The van der Waals surface area contributed by atoms with E-state index < -0.39 is 12.1 Å². The molecule has 0 atom stereocenters. The Morgan fingerprint density at radius 3 is 2.50 bits per heavy atom. The van der Waals surface area contributed by atoms with Crippen molar-refractivity contribution in [1.29, 1.82) is 0 Å². The molecule has 0 aliphatic carbocycles. The highest BCUT2D eigenvalue weighted by molar-refractivity contribution is 5.92. The van der Waals surface area contributed by atoms with Crippen molar-refractivity contribution in [3.8, 4) is 0 Å². The van der Waals surface area contributed by atoms with Gasteiger partial charge in [0.05, 0.1) is 18.8 Å². The van der Waals surface area contributed by atoms with Crippen molar-refractivity contribution in [2.45, 2.75) is 6.18 Å². The zero-order valence-corrected chi connectivity index (χ0v) is 7.17. The first-order valence-electron chi connectivity index (χ1n) is 3.56. The highest BCUT2D eigenvalue weighted by Crippen LogP contribution is 2.18. The van der Waals surface area contributed by atoms with Crippen LogP contribution in [0.4, 0.5) is 13.2 Å². The Hall–Kier alpha value is -1.31. The summed E-state index contributed by atoms with van der Waals surface area (Å²) in [5, 5.41) is 4.29. The summed E-state index contributed by atoms with van der Waals surface area (Å²) in [7, 11) is 1.32. The Labute approximate surface area is 77.0 Å². The quantitative estimate of drug-likeness (QED) is 0.619. The predicted molar refractivity (Wildman–Crippen MR) is 38.2 cm³/mol. The lowest BCUT2D eigenvalue weighted by atomic mass is 10.2. The second kappa shape index (κ2) is 3.82. The van der Waals surface area contributed by atoms with Gasteiger partial charge in [0, 0.05) is 0 Å². The largest absolute Gasteiger partial charge is 0.492 e. The highest BCUT2D eigenvalue weighted by atomic mass is 19.4. The summed E-state index contributed by atoms with van der Waals surface area (Å²) in [5.74, 6) is -2.23. The number of carbonyl (C=O) groups is 1. The first-order valence-corrected chi connectivity index (χ1v) is 3.56. The molecule has 0 unspecified atom stereocenters. The molecule has 0 N–H and O–H groups in total. The first kappa shape index (κ1) is 10.8. The summed E-state index contributed by atoms with van der Waals surface area (Å²) in [6, 6.07) is 0. The van der Waals surface area contributed by atoms with E-state index in [1.54, 1.807) is 0 Å². The average Bonchev–Trinajstić information content (AvgIpc) is 1.98. The van der Waals surface area contributed by atoms with Crippen molar-refractivity contribution in [3.63, 3.8) is 0 Å². The Kier molecular flexibility index (Phi) is 2.94. The zero-order chi connectivity index (χ0) is 10.8. The Morgan fingerprint density at radius 2 is 2.07 bits per heavy atom. The summed E-state index contributed by atoms with van der Waals surface area (Å²) in [6.45, 7) is 0.0747. The Morgan fingerprint density at radius 1 is 1.50 bits per heavy atom. The van der Waals surface area contributed by atoms with Crippen molar-refractivity contribution in [1.82, 2.24) is 5.06 Å². The standard InChI is InChI=1S/C6H7F3N2O3/c1-13-10-4-2-11(3-4)14-5(12)6(7,8)9/h2-3H2,1H3. The third kappa shape index (κ3) is 2.59. The third-order valence-corrected chi connectivity index (χ3v) is 1.38. The number of hydrogen-bond acceptors (Lipinski definition) is 5. The van der Waals surface area contributed by atoms with Crippen molar-refractivity contribution in [2.24, 2.45) is 5.16 Å². The van der Waals surface area contributed by atoms with Crippen LogP contribution in [0.5, 0.6) is 0 Å². The second-order valence-electron chi connectivity index (χ2n) is 2.51. The minimum Gasteiger partial charge on any atom is -0.399 e. The van der Waals surface area contributed by atoms with Crippen molar-refractivity contribution in [2.75, 3.05) is 20.2 Å². The summed E-state index contributed by atoms with van der Waals surface area (Å²) < 4.78 is 35.0. The number of nitrogens with zero attached hydrogens (tertiary/aromatic N) is 2. The van der Waals surface area contributed by atoms with Crippen LogP contribution in [0.1, 0.15) is 0 Å². The predicted octanol–water partition coefficient (Wildman–Crippen LogP) is 0.325. The number of hydrogen-bond donors (Lipinski definition) is 0. The molecule has 0 radical (unpaired) electrons. The van der Waals surface area contributed by atoms with Crippen LogP contribution in [-0.2, 0) is 14.5 Å². The molecule has 1 rings (SSSR count). The molecule has 0 aromatic rings. The lowest BCUT2D eigenvalue weighted by Crippen LogP contribution is -2.50. The zero-order valence-electron chi connectivity index (χ0n) is 7.17. The van der Waals surface area contributed by atoms with Gasteiger partial charge in [-0.25, -0.2) is 4.79 Å². The maximum absolute atomic E-state index is 11.7. The molecule has 1 aliphatic rings. The molecule has 1 heterocycles. The molecule has 0 saturated carbocycles. The number of halogens is 3. The van der Waals surface area contributed by atoms with Gasteiger partial charge in [0.1, 0.15) is 7.11 Å². The van der Waals surface area contributed by atoms with E-state index in [1.165, 1.54) is 7.11 Å². The Balaban J connectivity index is 2.30. The van der Waals surface area contributed by atoms with Gasteiger partial charge in [-0.2, -0.15) is 13.2 Å². The molecular formula is C6H7F3N2O3. The van der Waals surface area contributed by atoms with Crippen LogP contribution in [0.15, 0.2) is 5.16 Å². The number of carbonyl (C=O) groups excluding carboxylic acids is 1. The SMILES string of the molecule is CON=C1CN(OC(=O)C(F)(F)F)C1. The fourth-order valence-corrected chi connectivity index (χ4v) is 0.781. The van der Waals surface area contributed by atoms with Crippen molar-refractivity contribution >= 4 is 11.7 Å². The van der Waals surface area contributed by atoms with E-state index in [1.807, 2.05) is 0 Å². The van der Waals surface area contributed by atoms with Gasteiger partial charge in [0.15, 0.2) is 0 Å². The fraction of sp³-hybridized carbons (Fsp3) is 0.667. The van der Waals surface area contributed by atoms with Gasteiger partial charge in [-0.1, -0.05) is 5.16 Å². The fourth-order valence-electron chi connectivity index (χ4n) is 0.781. The van der Waals surface area contributed by atoms with Crippen LogP contribution >= 0.6 is 0 Å². The molecule has 1 aliphatic heterocycles. The monoisotopic (exact) mass is 212 g/mol. The third-order valence-electron chi connectivity index (χ3n) is 1.38. The maximum Gasteiger partial charge on any atom is 0.492 e. The van der Waals surface area contributed by atoms with Gasteiger partial charge >= 0.3 is 12.1 Å². The van der Waals surface area contributed by atoms with Crippen LogP contribution in [0.3, 0.4) is 0 Å². The molecule has 5 nitrogen and oxygen atoms in total. The summed E-state index contributed by atoms with van der Waals surface area (Å²) in [6.07, 6.45) is -4.96. The van der Waals surface area contributed by atoms with E-state index in [0.717, 1.165) is 5.06 Å². The van der Waals surface area contributed by atoms with E-state index in [4.69, 9.17) is 0 Å². The minimum absolute atomic E-state index is 0.0374. The van der Waals surface area contributed by atoms with Gasteiger partial charge in [-0.15, -0.1) is 5.06 Å². The lowest BCUT2D eigenvalue weighted by Gasteiger charge is -2.29. The average molecular weight is 212 g/mol. The number of rotatable bonds is 2. The van der Waals surface area contributed by atoms with Crippen LogP contribution < -0.4 is 0 Å². The molecular weight excluding hydrogens is 205 g/mol. The van der Waals surface area contributed by atoms with Crippen LogP contribution in [-0.4, -0.2) is 43.1 Å². The van der Waals surface area contributed by atoms with Crippen LogP contribution in [0.2, 0.25) is 0 Å². The molecule has 0 aromatic heterocycles. The van der Waals surface area contributed by atoms with Gasteiger partial charge in [-0.05, 0) is 0 Å².